The number of rotatable bonds is 2. The molecule has 2 heterocycles. The summed E-state index contributed by atoms with van der Waals surface area (Å²) in [4.78, 5) is 26.2. The first-order chi connectivity index (χ1) is 10.2. The molecule has 3 rings (SSSR count). The van der Waals surface area contributed by atoms with Crippen molar-refractivity contribution in [3.63, 3.8) is 0 Å². The number of carbonyl (C=O) groups excluding carboxylic acids is 2. The van der Waals surface area contributed by atoms with Gasteiger partial charge in [-0.2, -0.15) is 0 Å². The number of hydrogen-bond donors (Lipinski definition) is 0. The summed E-state index contributed by atoms with van der Waals surface area (Å²) in [6, 6.07) is 9.46. The zero-order valence-electron chi connectivity index (χ0n) is 12.0. The second kappa shape index (κ2) is 5.85. The summed E-state index contributed by atoms with van der Waals surface area (Å²) in [5, 5.41) is 0. The molecule has 0 radical (unpaired) electrons. The third-order valence-corrected chi connectivity index (χ3v) is 4.38. The largest absolute Gasteiger partial charge is 0.469 e. The molecule has 0 N–H and O–H groups in total. The van der Waals surface area contributed by atoms with Crippen molar-refractivity contribution >= 4 is 11.9 Å². The van der Waals surface area contributed by atoms with Gasteiger partial charge in [0, 0.05) is 0 Å². The highest BCUT2D eigenvalue weighted by Crippen LogP contribution is 2.36. The van der Waals surface area contributed by atoms with E-state index in [1.165, 1.54) is 7.11 Å². The summed E-state index contributed by atoms with van der Waals surface area (Å²) in [5.74, 6) is -1.06. The van der Waals surface area contributed by atoms with E-state index in [1.54, 1.807) is 0 Å². The fourth-order valence-corrected chi connectivity index (χ4v) is 3.37. The Morgan fingerprint density at radius 3 is 2.81 bits per heavy atom. The Morgan fingerprint density at radius 1 is 1.33 bits per heavy atom. The van der Waals surface area contributed by atoms with Gasteiger partial charge in [-0.05, 0) is 24.9 Å². The van der Waals surface area contributed by atoms with Crippen LogP contribution in [0, 0.1) is 5.92 Å². The van der Waals surface area contributed by atoms with E-state index in [0.717, 1.165) is 18.5 Å². The molecule has 2 aliphatic rings. The Labute approximate surface area is 123 Å². The van der Waals surface area contributed by atoms with Gasteiger partial charge < -0.3 is 9.47 Å². The molecule has 5 nitrogen and oxygen atoms in total. The molecule has 2 unspecified atom stereocenters. The summed E-state index contributed by atoms with van der Waals surface area (Å²) in [6.45, 7) is 1.14. The highest BCUT2D eigenvalue weighted by Gasteiger charge is 2.48. The van der Waals surface area contributed by atoms with Gasteiger partial charge in [0.05, 0.1) is 19.1 Å². The Balaban J connectivity index is 1.90. The molecular formula is C16H19NO4. The van der Waals surface area contributed by atoms with E-state index in [4.69, 9.17) is 9.47 Å². The van der Waals surface area contributed by atoms with E-state index in [9.17, 15) is 9.59 Å². The molecule has 2 aliphatic heterocycles. The predicted octanol–water partition coefficient (Wildman–Crippen LogP) is 1.54. The number of methoxy groups -OCH3 is 1. The molecule has 5 heteroatoms. The standard InChI is InChI=1S/C16H19NO4/c1-20-15(18)12-8-5-9-17-13(10-21-16(19)14(12)17)11-6-3-2-4-7-11/h2-4,6-7,12-14H,5,8-10H2,1H3/t12?,13-,14?/m1/s1. The zero-order chi connectivity index (χ0) is 14.8. The van der Waals surface area contributed by atoms with Crippen molar-refractivity contribution in [1.82, 2.24) is 4.90 Å². The maximum atomic E-state index is 12.2. The average Bonchev–Trinajstić information content (AvgIpc) is 2.55. The van der Waals surface area contributed by atoms with Crippen molar-refractivity contribution in [2.24, 2.45) is 5.92 Å². The minimum absolute atomic E-state index is 0.0151. The number of nitrogens with zero attached hydrogens (tertiary/aromatic N) is 1. The van der Waals surface area contributed by atoms with Crippen LogP contribution in [0.1, 0.15) is 24.4 Å². The van der Waals surface area contributed by atoms with Gasteiger partial charge in [-0.25, -0.2) is 0 Å². The Hall–Kier alpha value is -1.88. The Kier molecular flexibility index (Phi) is 3.92. The van der Waals surface area contributed by atoms with Crippen LogP contribution >= 0.6 is 0 Å². The lowest BCUT2D eigenvalue weighted by atomic mass is 9.86. The molecule has 1 aromatic carbocycles. The number of ether oxygens (including phenoxy) is 2. The molecule has 0 spiro atoms. The van der Waals surface area contributed by atoms with Gasteiger partial charge in [0.1, 0.15) is 12.6 Å². The highest BCUT2D eigenvalue weighted by atomic mass is 16.5. The number of hydrogen-bond acceptors (Lipinski definition) is 5. The summed E-state index contributed by atoms with van der Waals surface area (Å²) in [5.41, 5.74) is 1.11. The first-order valence-electron chi connectivity index (χ1n) is 7.27. The van der Waals surface area contributed by atoms with Crippen LogP contribution in [0.2, 0.25) is 0 Å². The number of carbonyl (C=O) groups is 2. The molecular weight excluding hydrogens is 270 g/mol. The monoisotopic (exact) mass is 289 g/mol. The highest BCUT2D eigenvalue weighted by molar-refractivity contribution is 5.85. The minimum Gasteiger partial charge on any atom is -0.469 e. The van der Waals surface area contributed by atoms with Crippen LogP contribution in [0.25, 0.3) is 0 Å². The van der Waals surface area contributed by atoms with E-state index in [2.05, 4.69) is 4.90 Å². The lowest BCUT2D eigenvalue weighted by Gasteiger charge is -2.46. The van der Waals surface area contributed by atoms with E-state index in [1.807, 2.05) is 30.3 Å². The van der Waals surface area contributed by atoms with Gasteiger partial charge in [-0.1, -0.05) is 30.3 Å². The second-order valence-corrected chi connectivity index (χ2v) is 5.51. The summed E-state index contributed by atoms with van der Waals surface area (Å²) < 4.78 is 10.2. The van der Waals surface area contributed by atoms with Crippen LogP contribution in [0.5, 0.6) is 0 Å². The van der Waals surface area contributed by atoms with Gasteiger partial charge in [0.25, 0.3) is 0 Å². The topological polar surface area (TPSA) is 55.8 Å². The van der Waals surface area contributed by atoms with E-state index in [0.29, 0.717) is 13.0 Å². The smallest absolute Gasteiger partial charge is 0.324 e. The average molecular weight is 289 g/mol. The van der Waals surface area contributed by atoms with Gasteiger partial charge in [0.2, 0.25) is 0 Å². The summed E-state index contributed by atoms with van der Waals surface area (Å²) in [7, 11) is 1.37. The molecule has 0 saturated carbocycles. The van der Waals surface area contributed by atoms with Gasteiger partial charge in [0.15, 0.2) is 0 Å². The normalized spacial score (nSPS) is 29.4. The Morgan fingerprint density at radius 2 is 2.10 bits per heavy atom. The van der Waals surface area contributed by atoms with Crippen molar-refractivity contribution in [3.05, 3.63) is 35.9 Å². The second-order valence-electron chi connectivity index (χ2n) is 5.51. The van der Waals surface area contributed by atoms with Crippen molar-refractivity contribution in [2.45, 2.75) is 24.9 Å². The van der Waals surface area contributed by atoms with Crippen LogP contribution in [0.4, 0.5) is 0 Å². The summed E-state index contributed by atoms with van der Waals surface area (Å²) >= 11 is 0. The molecule has 2 saturated heterocycles. The molecule has 0 bridgehead atoms. The lowest BCUT2D eigenvalue weighted by Crippen LogP contribution is -2.58. The number of esters is 2. The maximum Gasteiger partial charge on any atom is 0.324 e. The number of piperidine rings is 1. The van der Waals surface area contributed by atoms with Crippen molar-refractivity contribution in [2.75, 3.05) is 20.3 Å². The van der Waals surface area contributed by atoms with Crippen LogP contribution in [0.15, 0.2) is 30.3 Å². The van der Waals surface area contributed by atoms with Gasteiger partial charge >= 0.3 is 11.9 Å². The summed E-state index contributed by atoms with van der Waals surface area (Å²) in [6.07, 6.45) is 1.55. The van der Waals surface area contributed by atoms with E-state index in [-0.39, 0.29) is 18.0 Å². The third kappa shape index (κ3) is 2.53. The third-order valence-electron chi connectivity index (χ3n) is 4.38. The van der Waals surface area contributed by atoms with E-state index < -0.39 is 12.0 Å². The number of benzene rings is 1. The van der Waals surface area contributed by atoms with Crippen LogP contribution in [0.3, 0.4) is 0 Å². The molecule has 2 fully saturated rings. The zero-order valence-corrected chi connectivity index (χ0v) is 12.0. The SMILES string of the molecule is COC(=O)C1CCCN2C1C(=O)OC[C@@H]2c1ccccc1. The first kappa shape index (κ1) is 14.1. The van der Waals surface area contributed by atoms with Crippen molar-refractivity contribution in [3.8, 4) is 0 Å². The predicted molar refractivity (Wildman–Crippen MR) is 75.4 cm³/mol. The molecule has 21 heavy (non-hydrogen) atoms. The number of fused-ring (bicyclic) bond motifs is 1. The fourth-order valence-electron chi connectivity index (χ4n) is 3.37. The molecule has 3 atom stereocenters. The molecule has 0 aromatic heterocycles. The van der Waals surface area contributed by atoms with Gasteiger partial charge in [-0.15, -0.1) is 0 Å². The maximum absolute atomic E-state index is 12.2. The molecule has 112 valence electrons. The van der Waals surface area contributed by atoms with Crippen LogP contribution in [-0.4, -0.2) is 43.1 Å². The molecule has 0 aliphatic carbocycles. The minimum atomic E-state index is -0.523. The Bertz CT molecular complexity index is 530. The molecule has 1 aromatic rings. The quantitative estimate of drug-likeness (QED) is 0.773. The van der Waals surface area contributed by atoms with Crippen molar-refractivity contribution < 1.29 is 19.1 Å². The van der Waals surface area contributed by atoms with Crippen molar-refractivity contribution in [1.29, 1.82) is 0 Å². The van der Waals surface area contributed by atoms with Gasteiger partial charge in [-0.3, -0.25) is 14.5 Å². The lowest BCUT2D eigenvalue weighted by molar-refractivity contribution is -0.176. The number of morpholine rings is 1. The first-order valence-corrected chi connectivity index (χ1v) is 7.27. The molecule has 0 amide bonds. The van der Waals surface area contributed by atoms with Crippen LogP contribution in [-0.2, 0) is 19.1 Å². The fraction of sp³-hybridized carbons (Fsp3) is 0.500. The van der Waals surface area contributed by atoms with Crippen LogP contribution < -0.4 is 0 Å². The van der Waals surface area contributed by atoms with E-state index >= 15 is 0 Å². The number of cyclic esters (lactones) is 1.